The van der Waals surface area contributed by atoms with E-state index in [1.165, 1.54) is 17.7 Å². The highest BCUT2D eigenvalue weighted by molar-refractivity contribution is 5.81. The summed E-state index contributed by atoms with van der Waals surface area (Å²) in [7, 11) is 0. The summed E-state index contributed by atoms with van der Waals surface area (Å²) < 4.78 is 12.8. The van der Waals surface area contributed by atoms with Gasteiger partial charge in [-0.3, -0.25) is 4.79 Å². The molecule has 0 saturated carbocycles. The molecule has 0 fully saturated rings. The molecule has 110 valence electrons. The molecule has 2 aromatic carbocycles. The number of nitrogens with one attached hydrogen (secondary N) is 1. The SMILES string of the molecule is NC(CCc1ccccc1)C(=O)NCc1ccc(F)cc1. The summed E-state index contributed by atoms with van der Waals surface area (Å²) >= 11 is 0. The normalized spacial score (nSPS) is 11.9. The third kappa shape index (κ3) is 5.00. The van der Waals surface area contributed by atoms with Gasteiger partial charge in [0.2, 0.25) is 5.91 Å². The lowest BCUT2D eigenvalue weighted by molar-refractivity contribution is -0.122. The molecule has 2 rings (SSSR count). The van der Waals surface area contributed by atoms with E-state index in [-0.39, 0.29) is 11.7 Å². The number of rotatable bonds is 6. The van der Waals surface area contributed by atoms with E-state index in [0.29, 0.717) is 13.0 Å². The molecule has 0 aliphatic carbocycles. The highest BCUT2D eigenvalue weighted by Crippen LogP contribution is 2.05. The van der Waals surface area contributed by atoms with Crippen molar-refractivity contribution in [2.45, 2.75) is 25.4 Å². The molecule has 3 nitrogen and oxygen atoms in total. The fourth-order valence-corrected chi connectivity index (χ4v) is 2.02. The minimum atomic E-state index is -0.536. The molecule has 0 aliphatic rings. The number of benzene rings is 2. The first-order valence-electron chi connectivity index (χ1n) is 6.97. The predicted molar refractivity (Wildman–Crippen MR) is 81.0 cm³/mol. The van der Waals surface area contributed by atoms with Crippen LogP contribution < -0.4 is 11.1 Å². The minimum absolute atomic E-state index is 0.185. The van der Waals surface area contributed by atoms with E-state index in [1.54, 1.807) is 12.1 Å². The molecule has 1 amide bonds. The van der Waals surface area contributed by atoms with Crippen molar-refractivity contribution in [1.82, 2.24) is 5.32 Å². The van der Waals surface area contributed by atoms with Crippen LogP contribution in [-0.2, 0) is 17.8 Å². The summed E-state index contributed by atoms with van der Waals surface area (Å²) in [6.45, 7) is 0.359. The zero-order valence-corrected chi connectivity index (χ0v) is 11.8. The average molecular weight is 286 g/mol. The first-order chi connectivity index (χ1) is 10.1. The lowest BCUT2D eigenvalue weighted by Crippen LogP contribution is -2.40. The fraction of sp³-hybridized carbons (Fsp3) is 0.235. The van der Waals surface area contributed by atoms with E-state index < -0.39 is 6.04 Å². The molecular formula is C17H19FN2O. The van der Waals surface area contributed by atoms with Gasteiger partial charge in [-0.2, -0.15) is 0 Å². The van der Waals surface area contributed by atoms with Crippen molar-refractivity contribution in [3.05, 3.63) is 71.5 Å². The average Bonchev–Trinajstić information content (AvgIpc) is 2.52. The number of amides is 1. The highest BCUT2D eigenvalue weighted by Gasteiger charge is 2.12. The van der Waals surface area contributed by atoms with Crippen LogP contribution >= 0.6 is 0 Å². The Morgan fingerprint density at radius 2 is 1.71 bits per heavy atom. The van der Waals surface area contributed by atoms with Crippen LogP contribution in [0, 0.1) is 5.82 Å². The molecule has 4 heteroatoms. The maximum Gasteiger partial charge on any atom is 0.237 e. The number of aryl methyl sites for hydroxylation is 1. The largest absolute Gasteiger partial charge is 0.351 e. The van der Waals surface area contributed by atoms with Crippen LogP contribution in [0.1, 0.15) is 17.5 Å². The maximum absolute atomic E-state index is 12.8. The Labute approximate surface area is 124 Å². The molecule has 0 radical (unpaired) electrons. The van der Waals surface area contributed by atoms with Gasteiger partial charge in [0.05, 0.1) is 6.04 Å². The van der Waals surface area contributed by atoms with E-state index in [9.17, 15) is 9.18 Å². The second-order valence-electron chi connectivity index (χ2n) is 4.98. The zero-order valence-electron chi connectivity index (χ0n) is 11.8. The second kappa shape index (κ2) is 7.55. The van der Waals surface area contributed by atoms with Crippen molar-refractivity contribution in [1.29, 1.82) is 0 Å². The first-order valence-corrected chi connectivity index (χ1v) is 6.97. The molecule has 21 heavy (non-hydrogen) atoms. The van der Waals surface area contributed by atoms with Gasteiger partial charge in [-0.1, -0.05) is 42.5 Å². The topological polar surface area (TPSA) is 55.1 Å². The Morgan fingerprint density at radius 1 is 1.05 bits per heavy atom. The van der Waals surface area contributed by atoms with Crippen LogP contribution in [0.3, 0.4) is 0 Å². The summed E-state index contributed by atoms with van der Waals surface area (Å²) in [5.41, 5.74) is 7.89. The predicted octanol–water partition coefficient (Wildman–Crippen LogP) is 2.40. The Balaban J connectivity index is 1.76. The van der Waals surface area contributed by atoms with Crippen molar-refractivity contribution in [3.8, 4) is 0 Å². The Bertz CT molecular complexity index is 569. The van der Waals surface area contributed by atoms with E-state index in [1.807, 2.05) is 30.3 Å². The van der Waals surface area contributed by atoms with E-state index in [4.69, 9.17) is 5.73 Å². The van der Waals surface area contributed by atoms with Crippen molar-refractivity contribution in [2.75, 3.05) is 0 Å². The van der Waals surface area contributed by atoms with Gasteiger partial charge in [0.15, 0.2) is 0 Å². The zero-order chi connectivity index (χ0) is 15.1. The summed E-state index contributed by atoms with van der Waals surface area (Å²) in [5, 5.41) is 2.77. The molecule has 1 unspecified atom stereocenters. The molecule has 0 saturated heterocycles. The molecule has 2 aromatic rings. The Kier molecular flexibility index (Phi) is 5.46. The van der Waals surface area contributed by atoms with E-state index >= 15 is 0 Å². The molecular weight excluding hydrogens is 267 g/mol. The summed E-state index contributed by atoms with van der Waals surface area (Å²) in [5.74, 6) is -0.472. The Morgan fingerprint density at radius 3 is 2.38 bits per heavy atom. The number of carbonyl (C=O) groups is 1. The quantitative estimate of drug-likeness (QED) is 0.856. The molecule has 1 atom stereocenters. The van der Waals surface area contributed by atoms with Gasteiger partial charge in [0.1, 0.15) is 5.82 Å². The van der Waals surface area contributed by atoms with Gasteiger partial charge in [0, 0.05) is 6.54 Å². The summed E-state index contributed by atoms with van der Waals surface area (Å²) in [6, 6.07) is 15.4. The highest BCUT2D eigenvalue weighted by atomic mass is 19.1. The number of hydrogen-bond donors (Lipinski definition) is 2. The van der Waals surface area contributed by atoms with Crippen LogP contribution in [0.2, 0.25) is 0 Å². The standard InChI is InChI=1S/C17H19FN2O/c18-15-9-6-14(7-10-15)12-20-17(21)16(19)11-8-13-4-2-1-3-5-13/h1-7,9-10,16H,8,11-12,19H2,(H,20,21). The number of carbonyl (C=O) groups excluding carboxylic acids is 1. The minimum Gasteiger partial charge on any atom is -0.351 e. The smallest absolute Gasteiger partial charge is 0.237 e. The van der Waals surface area contributed by atoms with E-state index in [2.05, 4.69) is 5.32 Å². The number of halogens is 1. The van der Waals surface area contributed by atoms with Gasteiger partial charge >= 0.3 is 0 Å². The first kappa shape index (κ1) is 15.2. The van der Waals surface area contributed by atoms with Crippen LogP contribution in [0.4, 0.5) is 4.39 Å². The van der Waals surface area contributed by atoms with Crippen molar-refractivity contribution in [2.24, 2.45) is 5.73 Å². The third-order valence-corrected chi connectivity index (χ3v) is 3.30. The van der Waals surface area contributed by atoms with Crippen molar-refractivity contribution in [3.63, 3.8) is 0 Å². The van der Waals surface area contributed by atoms with Crippen molar-refractivity contribution >= 4 is 5.91 Å². The third-order valence-electron chi connectivity index (χ3n) is 3.30. The second-order valence-corrected chi connectivity index (χ2v) is 4.98. The van der Waals surface area contributed by atoms with Gasteiger partial charge in [0.25, 0.3) is 0 Å². The molecule has 3 N–H and O–H groups in total. The van der Waals surface area contributed by atoms with E-state index in [0.717, 1.165) is 12.0 Å². The number of nitrogens with two attached hydrogens (primary N) is 1. The van der Waals surface area contributed by atoms with Crippen LogP contribution in [0.5, 0.6) is 0 Å². The molecule has 0 heterocycles. The molecule has 0 aromatic heterocycles. The van der Waals surface area contributed by atoms with Gasteiger partial charge in [-0.05, 0) is 36.1 Å². The lowest BCUT2D eigenvalue weighted by Gasteiger charge is -2.12. The molecule has 0 aliphatic heterocycles. The molecule has 0 spiro atoms. The van der Waals surface area contributed by atoms with Gasteiger partial charge in [-0.25, -0.2) is 4.39 Å². The molecule has 0 bridgehead atoms. The maximum atomic E-state index is 12.8. The summed E-state index contributed by atoms with van der Waals surface area (Å²) in [6.07, 6.45) is 1.37. The Hall–Kier alpha value is -2.20. The van der Waals surface area contributed by atoms with Crippen molar-refractivity contribution < 1.29 is 9.18 Å². The van der Waals surface area contributed by atoms with Gasteiger partial charge in [-0.15, -0.1) is 0 Å². The fourth-order valence-electron chi connectivity index (χ4n) is 2.02. The van der Waals surface area contributed by atoms with Crippen LogP contribution in [0.25, 0.3) is 0 Å². The van der Waals surface area contributed by atoms with Crippen LogP contribution in [-0.4, -0.2) is 11.9 Å². The van der Waals surface area contributed by atoms with Gasteiger partial charge < -0.3 is 11.1 Å². The van der Waals surface area contributed by atoms with Crippen LogP contribution in [0.15, 0.2) is 54.6 Å². The lowest BCUT2D eigenvalue weighted by atomic mass is 10.1. The number of hydrogen-bond acceptors (Lipinski definition) is 2. The monoisotopic (exact) mass is 286 g/mol. The summed E-state index contributed by atoms with van der Waals surface area (Å²) in [4.78, 5) is 11.9.